The third kappa shape index (κ3) is 9.64. The average molecular weight is 385 g/mol. The van der Waals surface area contributed by atoms with Crippen LogP contribution in [0.25, 0.3) is 0 Å². The van der Waals surface area contributed by atoms with Crippen LogP contribution in [-0.2, 0) is 39.5 Å². The number of nitrogens with two attached hydrogens (primary N) is 2. The molecule has 2 aromatic rings. The number of benzene rings is 2. The Morgan fingerprint density at radius 3 is 1.24 bits per heavy atom. The molecule has 0 amide bonds. The standard InChI is InChI=1S/2C9H11NO2.Mn/c2*10-8(9(11)12)6-7-4-2-1-3-5-7;/h2*1-5,8H,6,10H2,(H,11,12);/q;;+2/t2*8-;/m00./s1. The predicted molar refractivity (Wildman–Crippen MR) is 91.5 cm³/mol. The molecule has 0 aromatic heterocycles. The molecule has 0 fully saturated rings. The van der Waals surface area contributed by atoms with E-state index >= 15 is 0 Å². The first-order valence-electron chi connectivity index (χ1n) is 7.44. The Bertz CT molecular complexity index is 581. The van der Waals surface area contributed by atoms with Gasteiger partial charge in [-0.05, 0) is 24.0 Å². The maximum absolute atomic E-state index is 10.4. The van der Waals surface area contributed by atoms with Crippen LogP contribution in [0.5, 0.6) is 0 Å². The minimum atomic E-state index is -0.959. The van der Waals surface area contributed by atoms with Crippen LogP contribution in [0.1, 0.15) is 11.1 Å². The first kappa shape index (κ1) is 22.8. The molecule has 133 valence electrons. The van der Waals surface area contributed by atoms with Gasteiger partial charge in [0.15, 0.2) is 0 Å². The monoisotopic (exact) mass is 385 g/mol. The van der Waals surface area contributed by atoms with E-state index in [4.69, 9.17) is 21.7 Å². The van der Waals surface area contributed by atoms with Gasteiger partial charge in [-0.15, -0.1) is 0 Å². The number of carbonyl (C=O) groups is 2. The second kappa shape index (κ2) is 12.2. The van der Waals surface area contributed by atoms with E-state index in [0.717, 1.165) is 11.1 Å². The van der Waals surface area contributed by atoms with Crippen LogP contribution in [0.3, 0.4) is 0 Å². The van der Waals surface area contributed by atoms with Crippen LogP contribution >= 0.6 is 0 Å². The summed E-state index contributed by atoms with van der Waals surface area (Å²) in [5, 5.41) is 17.0. The molecule has 25 heavy (non-hydrogen) atoms. The summed E-state index contributed by atoms with van der Waals surface area (Å²) in [5.41, 5.74) is 12.6. The fourth-order valence-electron chi connectivity index (χ4n) is 1.91. The molecule has 6 N–H and O–H groups in total. The van der Waals surface area contributed by atoms with Crippen LogP contribution in [0, 0.1) is 0 Å². The average Bonchev–Trinajstić information content (AvgIpc) is 2.57. The van der Waals surface area contributed by atoms with Crippen molar-refractivity contribution in [3.63, 3.8) is 0 Å². The van der Waals surface area contributed by atoms with Crippen LogP contribution in [-0.4, -0.2) is 34.2 Å². The minimum Gasteiger partial charge on any atom is -0.480 e. The number of carboxylic acids is 2. The third-order valence-corrected chi connectivity index (χ3v) is 3.23. The van der Waals surface area contributed by atoms with E-state index in [-0.39, 0.29) is 17.1 Å². The van der Waals surface area contributed by atoms with Gasteiger partial charge in [-0.25, -0.2) is 0 Å². The van der Waals surface area contributed by atoms with Gasteiger partial charge >= 0.3 is 29.0 Å². The van der Waals surface area contributed by atoms with Gasteiger partial charge in [0, 0.05) is 0 Å². The van der Waals surface area contributed by atoms with Crippen molar-refractivity contribution in [1.82, 2.24) is 0 Å². The fourth-order valence-corrected chi connectivity index (χ4v) is 1.91. The maximum atomic E-state index is 10.4. The van der Waals surface area contributed by atoms with E-state index in [1.165, 1.54) is 0 Å². The van der Waals surface area contributed by atoms with Crippen molar-refractivity contribution in [1.29, 1.82) is 0 Å². The molecule has 2 rings (SSSR count). The molecule has 0 bridgehead atoms. The van der Waals surface area contributed by atoms with E-state index in [0.29, 0.717) is 12.8 Å². The molecular weight excluding hydrogens is 363 g/mol. The quantitative estimate of drug-likeness (QED) is 0.555. The Balaban J connectivity index is 0.000000443. The van der Waals surface area contributed by atoms with Gasteiger partial charge in [-0.2, -0.15) is 0 Å². The molecule has 2 aromatic carbocycles. The molecule has 2 atom stereocenters. The Kier molecular flexibility index (Phi) is 11.2. The van der Waals surface area contributed by atoms with Crippen molar-refractivity contribution >= 4 is 11.9 Å². The van der Waals surface area contributed by atoms with E-state index in [1.54, 1.807) is 0 Å². The van der Waals surface area contributed by atoms with Crippen molar-refractivity contribution in [2.45, 2.75) is 24.9 Å². The molecule has 0 aliphatic rings. The van der Waals surface area contributed by atoms with Crippen molar-refractivity contribution in [3.8, 4) is 0 Å². The summed E-state index contributed by atoms with van der Waals surface area (Å²) in [6, 6.07) is 17.1. The number of carboxylic acid groups (broad SMARTS) is 2. The largest absolute Gasteiger partial charge is 2.00 e. The van der Waals surface area contributed by atoms with E-state index in [9.17, 15) is 9.59 Å². The Hall–Kier alpha value is -2.18. The van der Waals surface area contributed by atoms with Crippen LogP contribution in [0.4, 0.5) is 0 Å². The normalized spacial score (nSPS) is 11.9. The van der Waals surface area contributed by atoms with Gasteiger partial charge in [0.05, 0.1) is 0 Å². The summed E-state index contributed by atoms with van der Waals surface area (Å²) in [4.78, 5) is 20.8. The molecule has 0 unspecified atom stereocenters. The minimum absolute atomic E-state index is 0. The molecular formula is C18H22MnN2O4+2. The van der Waals surface area contributed by atoms with Crippen molar-refractivity contribution in [2.24, 2.45) is 11.5 Å². The topological polar surface area (TPSA) is 127 Å². The summed E-state index contributed by atoms with van der Waals surface area (Å²) in [6.07, 6.45) is 0.770. The molecule has 0 heterocycles. The first-order chi connectivity index (χ1) is 11.4. The zero-order valence-electron chi connectivity index (χ0n) is 13.6. The third-order valence-electron chi connectivity index (χ3n) is 3.23. The molecule has 0 spiro atoms. The number of rotatable bonds is 6. The molecule has 0 aliphatic heterocycles. The van der Waals surface area contributed by atoms with Crippen LogP contribution < -0.4 is 11.5 Å². The van der Waals surface area contributed by atoms with Crippen molar-refractivity contribution in [3.05, 3.63) is 71.8 Å². The smallest absolute Gasteiger partial charge is 0.480 e. The molecule has 1 radical (unpaired) electrons. The summed E-state index contributed by atoms with van der Waals surface area (Å²) in [5.74, 6) is -1.92. The zero-order chi connectivity index (χ0) is 17.9. The second-order valence-electron chi connectivity index (χ2n) is 5.27. The van der Waals surface area contributed by atoms with E-state index in [2.05, 4.69) is 0 Å². The van der Waals surface area contributed by atoms with Crippen LogP contribution in [0.2, 0.25) is 0 Å². The van der Waals surface area contributed by atoms with Gasteiger partial charge in [-0.1, -0.05) is 60.7 Å². The molecule has 0 saturated heterocycles. The zero-order valence-corrected chi connectivity index (χ0v) is 14.8. The number of hydrogen-bond acceptors (Lipinski definition) is 4. The van der Waals surface area contributed by atoms with Crippen LogP contribution in [0.15, 0.2) is 60.7 Å². The van der Waals surface area contributed by atoms with Gasteiger partial charge < -0.3 is 21.7 Å². The van der Waals surface area contributed by atoms with Gasteiger partial charge in [0.1, 0.15) is 12.1 Å². The Morgan fingerprint density at radius 2 is 1.00 bits per heavy atom. The Morgan fingerprint density at radius 1 is 0.720 bits per heavy atom. The number of aliphatic carboxylic acids is 2. The predicted octanol–water partition coefficient (Wildman–Crippen LogP) is 1.28. The first-order valence-corrected chi connectivity index (χ1v) is 7.44. The molecule has 0 aliphatic carbocycles. The summed E-state index contributed by atoms with van der Waals surface area (Å²) in [7, 11) is 0. The van der Waals surface area contributed by atoms with Crippen molar-refractivity contribution < 1.29 is 36.9 Å². The second-order valence-corrected chi connectivity index (χ2v) is 5.27. The van der Waals surface area contributed by atoms with E-state index < -0.39 is 24.0 Å². The summed E-state index contributed by atoms with van der Waals surface area (Å²) >= 11 is 0. The SMILES string of the molecule is N[C@@H](Cc1ccccc1)C(=O)O.N[C@@H](Cc1ccccc1)C(=O)O.[Mn+2]. The Labute approximate surface area is 157 Å². The van der Waals surface area contributed by atoms with Gasteiger partial charge in [-0.3, -0.25) is 9.59 Å². The molecule has 7 heteroatoms. The summed E-state index contributed by atoms with van der Waals surface area (Å²) < 4.78 is 0. The summed E-state index contributed by atoms with van der Waals surface area (Å²) in [6.45, 7) is 0. The maximum Gasteiger partial charge on any atom is 2.00 e. The van der Waals surface area contributed by atoms with E-state index in [1.807, 2.05) is 60.7 Å². The van der Waals surface area contributed by atoms with Gasteiger partial charge in [0.25, 0.3) is 0 Å². The molecule has 0 saturated carbocycles. The van der Waals surface area contributed by atoms with Gasteiger partial charge in [0.2, 0.25) is 0 Å². The molecule has 6 nitrogen and oxygen atoms in total. The number of hydrogen-bond donors (Lipinski definition) is 4. The van der Waals surface area contributed by atoms with Crippen molar-refractivity contribution in [2.75, 3.05) is 0 Å². The fraction of sp³-hybridized carbons (Fsp3) is 0.222.